The van der Waals surface area contributed by atoms with E-state index in [1.807, 2.05) is 6.08 Å². The van der Waals surface area contributed by atoms with Gasteiger partial charge in [0.05, 0.1) is 32.0 Å². The first kappa shape index (κ1) is 49.2. The number of phosphoric acid groups is 1. The lowest BCUT2D eigenvalue weighted by molar-refractivity contribution is -0.161. The van der Waals surface area contributed by atoms with Gasteiger partial charge in [0.15, 0.2) is 6.10 Å². The fourth-order valence-corrected chi connectivity index (χ4v) is 6.37. The molecular formula is C41H73O11P. The van der Waals surface area contributed by atoms with Crippen LogP contribution in [0.4, 0.5) is 0 Å². The highest BCUT2D eigenvalue weighted by Crippen LogP contribution is 2.43. The third-order valence-electron chi connectivity index (χ3n) is 9.26. The van der Waals surface area contributed by atoms with E-state index in [0.29, 0.717) is 31.5 Å². The molecule has 1 fully saturated rings. The zero-order chi connectivity index (χ0) is 39.0. The van der Waals surface area contributed by atoms with Crippen molar-refractivity contribution in [3.05, 3.63) is 36.5 Å². The first-order chi connectivity index (χ1) is 25.6. The van der Waals surface area contributed by atoms with Crippen molar-refractivity contribution in [2.24, 2.45) is 5.92 Å². The Balaban J connectivity index is 2.31. The maximum absolute atomic E-state index is 12.6. The molecule has 0 radical (unpaired) electrons. The summed E-state index contributed by atoms with van der Waals surface area (Å²) < 4.78 is 38.3. The van der Waals surface area contributed by atoms with E-state index in [9.17, 15) is 24.2 Å². The summed E-state index contributed by atoms with van der Waals surface area (Å²) in [7, 11) is -4.63. The average Bonchev–Trinajstić information content (AvgIpc) is 3.90. The molecule has 1 rings (SSSR count). The number of aliphatic hydroxyl groups excluding tert-OH is 2. The van der Waals surface area contributed by atoms with E-state index in [4.69, 9.17) is 23.8 Å². The van der Waals surface area contributed by atoms with Crippen LogP contribution in [0.25, 0.3) is 0 Å². The number of carbonyl (C=O) groups is 2. The molecule has 308 valence electrons. The Morgan fingerprint density at radius 3 is 2.06 bits per heavy atom. The van der Waals surface area contributed by atoms with E-state index in [1.165, 1.54) is 64.2 Å². The molecule has 53 heavy (non-hydrogen) atoms. The smallest absolute Gasteiger partial charge is 0.462 e. The molecular weight excluding hydrogens is 699 g/mol. The molecule has 0 aromatic rings. The monoisotopic (exact) mass is 772 g/mol. The van der Waals surface area contributed by atoms with Crippen LogP contribution in [-0.2, 0) is 37.4 Å². The van der Waals surface area contributed by atoms with E-state index in [0.717, 1.165) is 44.4 Å². The largest absolute Gasteiger partial charge is 0.472 e. The van der Waals surface area contributed by atoms with Gasteiger partial charge in [-0.1, -0.05) is 134 Å². The summed E-state index contributed by atoms with van der Waals surface area (Å²) in [4.78, 5) is 34.9. The molecule has 0 bridgehead atoms. The maximum Gasteiger partial charge on any atom is 0.472 e. The van der Waals surface area contributed by atoms with Crippen LogP contribution in [0.1, 0.15) is 156 Å². The van der Waals surface area contributed by atoms with Crippen LogP contribution < -0.4 is 0 Å². The summed E-state index contributed by atoms with van der Waals surface area (Å²) in [6.45, 7) is 4.57. The fourth-order valence-electron chi connectivity index (χ4n) is 5.58. The number of allylic oxidation sites excluding steroid dienone is 5. The van der Waals surface area contributed by atoms with Gasteiger partial charge in [0.25, 0.3) is 0 Å². The van der Waals surface area contributed by atoms with Crippen molar-refractivity contribution in [3.63, 3.8) is 0 Å². The molecule has 1 saturated heterocycles. The van der Waals surface area contributed by atoms with Crippen molar-refractivity contribution < 1.29 is 52.5 Å². The van der Waals surface area contributed by atoms with E-state index in [1.54, 1.807) is 0 Å². The molecule has 11 nitrogen and oxygen atoms in total. The predicted molar refractivity (Wildman–Crippen MR) is 209 cm³/mol. The summed E-state index contributed by atoms with van der Waals surface area (Å²) in [5.41, 5.74) is 0. The van der Waals surface area contributed by atoms with E-state index < -0.39 is 51.8 Å². The van der Waals surface area contributed by atoms with Crippen LogP contribution in [0.2, 0.25) is 0 Å². The van der Waals surface area contributed by atoms with Crippen molar-refractivity contribution in [3.8, 4) is 0 Å². The molecule has 0 aromatic heterocycles. The quantitative estimate of drug-likeness (QED) is 0.0183. The van der Waals surface area contributed by atoms with Gasteiger partial charge < -0.3 is 29.3 Å². The summed E-state index contributed by atoms with van der Waals surface area (Å²) in [5.74, 6) is -0.195. The molecule has 4 unspecified atom stereocenters. The minimum atomic E-state index is -4.63. The van der Waals surface area contributed by atoms with Gasteiger partial charge in [-0.2, -0.15) is 0 Å². The lowest BCUT2D eigenvalue weighted by Crippen LogP contribution is -2.29. The van der Waals surface area contributed by atoms with Gasteiger partial charge in [0.2, 0.25) is 0 Å². The first-order valence-corrected chi connectivity index (χ1v) is 22.0. The first-order valence-electron chi connectivity index (χ1n) is 20.5. The molecule has 6 atom stereocenters. The molecule has 3 N–H and O–H groups in total. The van der Waals surface area contributed by atoms with Crippen LogP contribution in [0.3, 0.4) is 0 Å². The van der Waals surface area contributed by atoms with Gasteiger partial charge in [-0.25, -0.2) is 4.57 Å². The number of phosphoric ester groups is 1. The topological polar surface area (TPSA) is 161 Å². The summed E-state index contributed by atoms with van der Waals surface area (Å²) in [6, 6.07) is 0. The standard InChI is InChI=1S/C41H73O11P/c1-4-6-21-27-38-39(52-38)28-23-18-14-9-7-8-10-15-19-24-29-40(44)48-33-37(34-50-53(46,47)49-32-36(43)31-42)51-41(45)30-25-20-16-12-11-13-17-22-26-35(3)5-2/h7,9-10,15,18,23,35-39,42-43H,4-6,8,11-14,16-17,19-22,24-34H2,1-3H3,(H,46,47)/b9-7-,15-10-,23-18-/t35?,36-,37+,38?,39?/m0/s1. The van der Waals surface area contributed by atoms with Crippen molar-refractivity contribution >= 4 is 19.8 Å². The minimum Gasteiger partial charge on any atom is -0.462 e. The lowest BCUT2D eigenvalue weighted by atomic mass is 9.99. The van der Waals surface area contributed by atoms with Gasteiger partial charge in [0, 0.05) is 12.8 Å². The van der Waals surface area contributed by atoms with Crippen LogP contribution in [0.5, 0.6) is 0 Å². The summed E-state index contributed by atoms with van der Waals surface area (Å²) in [6.07, 6.45) is 31.6. The number of esters is 2. The van der Waals surface area contributed by atoms with Crippen LogP contribution in [0.15, 0.2) is 36.5 Å². The highest BCUT2D eigenvalue weighted by molar-refractivity contribution is 7.47. The number of ether oxygens (including phenoxy) is 3. The van der Waals surface area contributed by atoms with Crippen molar-refractivity contribution in [2.75, 3.05) is 26.4 Å². The van der Waals surface area contributed by atoms with Gasteiger partial charge in [0.1, 0.15) is 12.7 Å². The van der Waals surface area contributed by atoms with Gasteiger partial charge in [-0.3, -0.25) is 18.6 Å². The number of carbonyl (C=O) groups excluding carboxylic acids is 2. The summed E-state index contributed by atoms with van der Waals surface area (Å²) in [5, 5.41) is 18.3. The minimum absolute atomic E-state index is 0.162. The second-order valence-corrected chi connectivity index (χ2v) is 15.7. The Morgan fingerprint density at radius 1 is 0.755 bits per heavy atom. The third-order valence-corrected chi connectivity index (χ3v) is 10.2. The maximum atomic E-state index is 12.6. The number of hydrogen-bond acceptors (Lipinski definition) is 10. The third kappa shape index (κ3) is 30.1. The Hall–Kier alpha value is -1.85. The molecule has 0 aromatic carbocycles. The van der Waals surface area contributed by atoms with Gasteiger partial charge in [-0.05, 0) is 50.9 Å². The Kier molecular flexibility index (Phi) is 30.1. The second-order valence-electron chi connectivity index (χ2n) is 14.3. The van der Waals surface area contributed by atoms with Gasteiger partial charge >= 0.3 is 19.8 Å². The highest BCUT2D eigenvalue weighted by atomic mass is 31.2. The molecule has 12 heteroatoms. The van der Waals surface area contributed by atoms with Gasteiger partial charge in [-0.15, -0.1) is 0 Å². The Morgan fingerprint density at radius 2 is 1.38 bits per heavy atom. The predicted octanol–water partition coefficient (Wildman–Crippen LogP) is 9.23. The molecule has 0 saturated carbocycles. The van der Waals surface area contributed by atoms with Crippen LogP contribution >= 0.6 is 7.82 Å². The number of aliphatic hydroxyl groups is 2. The molecule has 0 aliphatic carbocycles. The number of epoxide rings is 1. The zero-order valence-electron chi connectivity index (χ0n) is 33.1. The normalized spacial score (nSPS) is 18.8. The Bertz CT molecular complexity index is 1060. The van der Waals surface area contributed by atoms with Crippen molar-refractivity contribution in [2.45, 2.75) is 180 Å². The highest BCUT2D eigenvalue weighted by Gasteiger charge is 2.36. The number of unbranched alkanes of at least 4 members (excludes halogenated alkanes) is 10. The SMILES string of the molecule is CCCCCC1OC1C/C=C\C/C=C\C/C=C\CCCC(=O)OC[C@H](COP(=O)(O)OC[C@@H](O)CO)OC(=O)CCCCCCCCCCC(C)CC. The lowest BCUT2D eigenvalue weighted by Gasteiger charge is -2.20. The zero-order valence-corrected chi connectivity index (χ0v) is 34.0. The van der Waals surface area contributed by atoms with E-state index in [-0.39, 0.29) is 19.4 Å². The van der Waals surface area contributed by atoms with Crippen LogP contribution in [0, 0.1) is 5.92 Å². The number of hydrogen-bond donors (Lipinski definition) is 3. The average molecular weight is 773 g/mol. The molecule has 1 aliphatic rings. The Labute approximate surface area is 320 Å². The molecule has 0 spiro atoms. The van der Waals surface area contributed by atoms with E-state index in [2.05, 4.69) is 55.7 Å². The number of rotatable bonds is 36. The fraction of sp³-hybridized carbons (Fsp3) is 0.805. The molecule has 1 heterocycles. The van der Waals surface area contributed by atoms with Crippen molar-refractivity contribution in [1.29, 1.82) is 0 Å². The second kappa shape index (κ2) is 32.4. The molecule has 0 amide bonds. The van der Waals surface area contributed by atoms with E-state index >= 15 is 0 Å². The van der Waals surface area contributed by atoms with Crippen molar-refractivity contribution in [1.82, 2.24) is 0 Å². The summed E-state index contributed by atoms with van der Waals surface area (Å²) >= 11 is 0. The van der Waals surface area contributed by atoms with Crippen LogP contribution in [-0.4, -0.2) is 77.9 Å². The molecule has 1 aliphatic heterocycles.